The molecule has 0 saturated carbocycles. The summed E-state index contributed by atoms with van der Waals surface area (Å²) in [7, 11) is 0. The van der Waals surface area contributed by atoms with Gasteiger partial charge in [-0.15, -0.1) is 0 Å². The number of hydrogen-bond donors (Lipinski definition) is 0. The average Bonchev–Trinajstić information content (AvgIpc) is 0. The first-order valence-electron chi connectivity index (χ1n) is 0. The standard InChI is InChI=1S/Al.Cr.Nb.Y. The van der Waals surface area contributed by atoms with Crippen LogP contribution >= 0.6 is 0 Å². The summed E-state index contributed by atoms with van der Waals surface area (Å²) in [5.41, 5.74) is 0. The molecule has 0 amide bonds. The quantitative estimate of drug-likeness (QED) is 0.521. The summed E-state index contributed by atoms with van der Waals surface area (Å²) in [6, 6.07) is 0. The fourth-order valence-electron chi connectivity index (χ4n) is 0. The van der Waals surface area contributed by atoms with Crippen LogP contribution in [0.1, 0.15) is 0 Å². The van der Waals surface area contributed by atoms with Crippen LogP contribution in [0, 0.1) is 0 Å². The zero-order chi connectivity index (χ0) is 0. The van der Waals surface area contributed by atoms with Gasteiger partial charge in [0.1, 0.15) is 0 Å². The van der Waals surface area contributed by atoms with Gasteiger partial charge in [-0.25, -0.2) is 0 Å². The minimum atomic E-state index is 0. The van der Waals surface area contributed by atoms with Crippen LogP contribution in [-0.4, -0.2) is 17.4 Å². The molecule has 0 aliphatic rings. The molecule has 0 nitrogen and oxygen atoms in total. The van der Waals surface area contributed by atoms with Gasteiger partial charge in [0, 0.05) is 89.8 Å². The van der Waals surface area contributed by atoms with Gasteiger partial charge in [0.05, 0.1) is 0 Å². The van der Waals surface area contributed by atoms with E-state index in [9.17, 15) is 0 Å². The fraction of sp³-hybridized carbons (Fsp3) is 0. The van der Waals surface area contributed by atoms with E-state index in [4.69, 9.17) is 0 Å². The van der Waals surface area contributed by atoms with Crippen molar-refractivity contribution in [2.24, 2.45) is 0 Å². The van der Waals surface area contributed by atoms with Crippen LogP contribution in [0.4, 0.5) is 0 Å². The molecule has 0 heterocycles. The SMILES string of the molecule is [Al].[Cr].[Nb].[Y]. The van der Waals surface area contributed by atoms with Gasteiger partial charge in [-0.05, 0) is 0 Å². The Kier molecular flexibility index (Phi) is 120. The van der Waals surface area contributed by atoms with Gasteiger partial charge in [-0.3, -0.25) is 0 Å². The van der Waals surface area contributed by atoms with Crippen molar-refractivity contribution < 1.29 is 72.5 Å². The number of hydrogen-bond acceptors (Lipinski definition) is 0. The number of rotatable bonds is 0. The van der Waals surface area contributed by atoms with Crippen LogP contribution in [0.5, 0.6) is 0 Å². The molecule has 0 saturated heterocycles. The van der Waals surface area contributed by atoms with E-state index in [1.807, 2.05) is 0 Å². The Labute approximate surface area is 88.1 Å². The maximum atomic E-state index is 0. The van der Waals surface area contributed by atoms with E-state index in [1.54, 1.807) is 0 Å². The molecule has 0 rings (SSSR count). The first kappa shape index (κ1) is 28.5. The summed E-state index contributed by atoms with van der Waals surface area (Å²) in [6.07, 6.45) is 0. The van der Waals surface area contributed by atoms with Crippen LogP contribution in [0.2, 0.25) is 0 Å². The molecular weight excluding hydrogens is 261 g/mol. The Morgan fingerprint density at radius 1 is 1.00 bits per heavy atom. The molecule has 17 valence electrons. The van der Waals surface area contributed by atoms with Crippen LogP contribution in [-0.2, 0) is 72.5 Å². The molecule has 0 atom stereocenters. The normalized spacial score (nSPS) is 0. The van der Waals surface area contributed by atoms with Crippen LogP contribution in [0.15, 0.2) is 0 Å². The van der Waals surface area contributed by atoms with Crippen molar-refractivity contribution in [3.05, 3.63) is 0 Å². The minimum Gasteiger partial charge on any atom is 0 e. The molecule has 0 aliphatic carbocycles. The van der Waals surface area contributed by atoms with Crippen molar-refractivity contribution in [2.45, 2.75) is 0 Å². The summed E-state index contributed by atoms with van der Waals surface area (Å²) in [4.78, 5) is 0. The average molecular weight is 261 g/mol. The van der Waals surface area contributed by atoms with Crippen molar-refractivity contribution >= 4 is 17.4 Å². The monoisotopic (exact) mass is 261 g/mol. The van der Waals surface area contributed by atoms with E-state index >= 15 is 0 Å². The molecular formula is AlCrNbY. The van der Waals surface area contributed by atoms with Gasteiger partial charge in [-0.2, -0.15) is 0 Å². The smallest absolute Gasteiger partial charge is 0 e. The van der Waals surface area contributed by atoms with E-state index in [0.29, 0.717) is 0 Å². The van der Waals surface area contributed by atoms with Crippen molar-refractivity contribution in [3.63, 3.8) is 0 Å². The Bertz CT molecular complexity index is 8.00. The molecule has 0 N–H and O–H groups in total. The van der Waals surface area contributed by atoms with Crippen LogP contribution in [0.25, 0.3) is 0 Å². The minimum absolute atomic E-state index is 0. The maximum absolute atomic E-state index is 0. The van der Waals surface area contributed by atoms with Crippen LogP contribution in [0.3, 0.4) is 0 Å². The predicted molar refractivity (Wildman–Crippen MR) is 5.75 cm³/mol. The van der Waals surface area contributed by atoms with E-state index in [-0.39, 0.29) is 89.8 Å². The Hall–Kier alpha value is 2.91. The van der Waals surface area contributed by atoms with E-state index in [0.717, 1.165) is 0 Å². The van der Waals surface area contributed by atoms with Crippen molar-refractivity contribution in [2.75, 3.05) is 0 Å². The molecule has 4 heavy (non-hydrogen) atoms. The van der Waals surface area contributed by atoms with E-state index in [1.165, 1.54) is 0 Å². The zero-order valence-corrected chi connectivity index (χ0v) is 9.48. The van der Waals surface area contributed by atoms with E-state index < -0.39 is 0 Å². The van der Waals surface area contributed by atoms with Crippen molar-refractivity contribution in [1.29, 1.82) is 0 Å². The Morgan fingerprint density at radius 2 is 1.00 bits per heavy atom. The van der Waals surface area contributed by atoms with Gasteiger partial charge < -0.3 is 0 Å². The molecule has 0 fully saturated rings. The second-order valence-corrected chi connectivity index (χ2v) is 0. The third kappa shape index (κ3) is 8.86. The summed E-state index contributed by atoms with van der Waals surface area (Å²) in [5.74, 6) is 0. The maximum Gasteiger partial charge on any atom is 0 e. The van der Waals surface area contributed by atoms with Crippen molar-refractivity contribution in [3.8, 4) is 0 Å². The molecule has 0 spiro atoms. The second-order valence-electron chi connectivity index (χ2n) is 0. The van der Waals surface area contributed by atoms with Gasteiger partial charge in [-0.1, -0.05) is 0 Å². The topological polar surface area (TPSA) is 0 Å². The van der Waals surface area contributed by atoms with Crippen LogP contribution < -0.4 is 0 Å². The molecule has 0 aromatic heterocycles. The molecule has 4 heteroatoms. The summed E-state index contributed by atoms with van der Waals surface area (Å²) < 4.78 is 0. The van der Waals surface area contributed by atoms with E-state index in [2.05, 4.69) is 0 Å². The summed E-state index contributed by atoms with van der Waals surface area (Å²) in [6.45, 7) is 0. The third-order valence-corrected chi connectivity index (χ3v) is 0. The Balaban J connectivity index is 0. The molecule has 0 aromatic rings. The molecule has 0 aliphatic heterocycles. The molecule has 0 aromatic carbocycles. The first-order valence-corrected chi connectivity index (χ1v) is 0. The third-order valence-electron chi connectivity index (χ3n) is 0. The largest absolute Gasteiger partial charge is 0 e. The van der Waals surface area contributed by atoms with Crippen molar-refractivity contribution in [1.82, 2.24) is 0 Å². The second kappa shape index (κ2) is 16.8. The van der Waals surface area contributed by atoms with Gasteiger partial charge in [0.25, 0.3) is 0 Å². The zero-order valence-electron chi connectivity index (χ0n) is 2.01. The first-order chi connectivity index (χ1) is 0. The van der Waals surface area contributed by atoms with Gasteiger partial charge >= 0.3 is 0 Å². The van der Waals surface area contributed by atoms with Gasteiger partial charge in [0.2, 0.25) is 0 Å². The summed E-state index contributed by atoms with van der Waals surface area (Å²) in [5, 5.41) is 0. The van der Waals surface area contributed by atoms with Gasteiger partial charge in [0.15, 0.2) is 0 Å². The fourth-order valence-corrected chi connectivity index (χ4v) is 0. The predicted octanol–water partition coefficient (Wildman–Crippen LogP) is -0.388. The summed E-state index contributed by atoms with van der Waals surface area (Å²) >= 11 is 0. The molecule has 0 bridgehead atoms. The molecule has 5 radical (unpaired) electrons. The molecule has 0 unspecified atom stereocenters. The Morgan fingerprint density at radius 3 is 1.00 bits per heavy atom.